The van der Waals surface area contributed by atoms with Crippen molar-refractivity contribution >= 4 is 12.0 Å². The van der Waals surface area contributed by atoms with Crippen LogP contribution in [0, 0.1) is 12.8 Å². The number of hydrogen-bond acceptors (Lipinski definition) is 4. The Morgan fingerprint density at radius 1 is 1.15 bits per heavy atom. The molecular formula is C17H22F3N3O3. The van der Waals surface area contributed by atoms with Crippen LogP contribution in [0.5, 0.6) is 0 Å². The van der Waals surface area contributed by atoms with Gasteiger partial charge in [-0.1, -0.05) is 13.8 Å². The number of carbonyl (C=O) groups excluding carboxylic acids is 2. The van der Waals surface area contributed by atoms with Gasteiger partial charge in [-0.25, -0.2) is 9.78 Å². The van der Waals surface area contributed by atoms with E-state index in [9.17, 15) is 22.8 Å². The molecule has 1 aliphatic rings. The number of amides is 2. The Bertz CT molecular complexity index is 669. The van der Waals surface area contributed by atoms with Gasteiger partial charge in [-0.2, -0.15) is 13.2 Å². The van der Waals surface area contributed by atoms with Crippen LogP contribution in [0.3, 0.4) is 0 Å². The molecular weight excluding hydrogens is 351 g/mol. The van der Waals surface area contributed by atoms with E-state index in [1.807, 2.05) is 13.8 Å². The Balaban J connectivity index is 1.97. The molecule has 2 heterocycles. The number of carbonyl (C=O) groups is 2. The predicted molar refractivity (Wildman–Crippen MR) is 87.6 cm³/mol. The summed E-state index contributed by atoms with van der Waals surface area (Å²) >= 11 is 0. The zero-order valence-electron chi connectivity index (χ0n) is 15.0. The lowest BCUT2D eigenvalue weighted by molar-refractivity contribution is -0.141. The molecule has 0 atom stereocenters. The monoisotopic (exact) mass is 373 g/mol. The molecule has 2 rings (SSSR count). The second-order valence-corrected chi connectivity index (χ2v) is 6.58. The Morgan fingerprint density at radius 3 is 2.23 bits per heavy atom. The smallest absolute Gasteiger partial charge is 0.433 e. The van der Waals surface area contributed by atoms with Gasteiger partial charge < -0.3 is 14.5 Å². The number of nitrogens with zero attached hydrogens (tertiary/aromatic N) is 3. The second-order valence-electron chi connectivity index (χ2n) is 6.58. The Kier molecular flexibility index (Phi) is 6.09. The number of hydrogen-bond donors (Lipinski definition) is 0. The van der Waals surface area contributed by atoms with Gasteiger partial charge in [0.2, 0.25) is 0 Å². The number of alkyl halides is 3. The zero-order valence-corrected chi connectivity index (χ0v) is 15.0. The highest BCUT2D eigenvalue weighted by Crippen LogP contribution is 2.28. The predicted octanol–water partition coefficient (Wildman–Crippen LogP) is 2.96. The summed E-state index contributed by atoms with van der Waals surface area (Å²) in [7, 11) is 0. The lowest BCUT2D eigenvalue weighted by Crippen LogP contribution is -2.51. The van der Waals surface area contributed by atoms with E-state index in [1.165, 1.54) is 16.7 Å². The standard InChI is InChI=1S/C17H22F3N3O3/c1-11(2)10-26-16(25)23-8-6-22(7-9-23)15(24)13-4-5-14(17(18,19)20)21-12(13)3/h4-5,11H,6-10H2,1-3H3. The highest BCUT2D eigenvalue weighted by molar-refractivity contribution is 5.95. The molecule has 6 nitrogen and oxygen atoms in total. The van der Waals surface area contributed by atoms with Gasteiger partial charge in [0.15, 0.2) is 0 Å². The highest BCUT2D eigenvalue weighted by atomic mass is 19.4. The number of piperazine rings is 1. The van der Waals surface area contributed by atoms with E-state index in [2.05, 4.69) is 4.98 Å². The molecule has 2 amide bonds. The summed E-state index contributed by atoms with van der Waals surface area (Å²) in [4.78, 5) is 31.0. The third-order valence-electron chi connectivity index (χ3n) is 3.97. The first-order chi connectivity index (χ1) is 12.1. The summed E-state index contributed by atoms with van der Waals surface area (Å²) in [5.74, 6) is -0.157. The highest BCUT2D eigenvalue weighted by Gasteiger charge is 2.33. The molecule has 9 heteroatoms. The fraction of sp³-hybridized carbons (Fsp3) is 0.588. The molecule has 1 aromatic rings. The topological polar surface area (TPSA) is 62.7 Å². The number of ether oxygens (including phenoxy) is 1. The van der Waals surface area contributed by atoms with Gasteiger partial charge in [0, 0.05) is 26.2 Å². The van der Waals surface area contributed by atoms with Crippen LogP contribution >= 0.6 is 0 Å². The Hall–Kier alpha value is -2.32. The molecule has 0 N–H and O–H groups in total. The zero-order chi connectivity index (χ0) is 19.5. The van der Waals surface area contributed by atoms with E-state index >= 15 is 0 Å². The molecule has 0 aliphatic carbocycles. The molecule has 0 bridgehead atoms. The van der Waals surface area contributed by atoms with E-state index in [4.69, 9.17) is 4.74 Å². The largest absolute Gasteiger partial charge is 0.449 e. The van der Waals surface area contributed by atoms with Gasteiger partial charge in [-0.05, 0) is 25.0 Å². The number of pyridine rings is 1. The first kappa shape index (κ1) is 20.0. The van der Waals surface area contributed by atoms with E-state index in [0.29, 0.717) is 19.7 Å². The first-order valence-corrected chi connectivity index (χ1v) is 8.35. The van der Waals surface area contributed by atoms with Crippen molar-refractivity contribution in [2.45, 2.75) is 26.9 Å². The number of aromatic nitrogens is 1. The molecule has 0 spiro atoms. The van der Waals surface area contributed by atoms with Gasteiger partial charge in [0.1, 0.15) is 5.69 Å². The van der Waals surface area contributed by atoms with Crippen LogP contribution in [0.15, 0.2) is 12.1 Å². The van der Waals surface area contributed by atoms with E-state index < -0.39 is 18.0 Å². The summed E-state index contributed by atoms with van der Waals surface area (Å²) in [6.07, 6.45) is -4.97. The third kappa shape index (κ3) is 4.86. The average molecular weight is 373 g/mol. The molecule has 1 aromatic heterocycles. The van der Waals surface area contributed by atoms with Gasteiger partial charge in [0.05, 0.1) is 17.9 Å². The van der Waals surface area contributed by atoms with Crippen LogP contribution < -0.4 is 0 Å². The lowest BCUT2D eigenvalue weighted by Gasteiger charge is -2.34. The molecule has 26 heavy (non-hydrogen) atoms. The Morgan fingerprint density at radius 2 is 1.73 bits per heavy atom. The molecule has 0 unspecified atom stereocenters. The van der Waals surface area contributed by atoms with Crippen molar-refractivity contribution in [3.05, 3.63) is 29.1 Å². The normalized spacial score (nSPS) is 15.3. The van der Waals surface area contributed by atoms with E-state index in [-0.39, 0.29) is 36.2 Å². The van der Waals surface area contributed by atoms with Crippen molar-refractivity contribution in [3.8, 4) is 0 Å². The maximum absolute atomic E-state index is 12.7. The lowest BCUT2D eigenvalue weighted by atomic mass is 10.1. The minimum absolute atomic E-state index is 0.0311. The van der Waals surface area contributed by atoms with Crippen LogP contribution in [0.4, 0.5) is 18.0 Å². The summed E-state index contributed by atoms with van der Waals surface area (Å²) in [5, 5.41) is 0. The van der Waals surface area contributed by atoms with Crippen molar-refractivity contribution in [1.29, 1.82) is 0 Å². The fourth-order valence-electron chi connectivity index (χ4n) is 2.54. The maximum atomic E-state index is 12.7. The maximum Gasteiger partial charge on any atom is 0.433 e. The van der Waals surface area contributed by atoms with Gasteiger partial charge in [-0.15, -0.1) is 0 Å². The van der Waals surface area contributed by atoms with Crippen LogP contribution in [0.2, 0.25) is 0 Å². The summed E-state index contributed by atoms with van der Waals surface area (Å²) < 4.78 is 43.2. The minimum atomic E-state index is -4.55. The van der Waals surface area contributed by atoms with Crippen molar-refractivity contribution in [2.75, 3.05) is 32.8 Å². The summed E-state index contributed by atoms with van der Waals surface area (Å²) in [6.45, 7) is 6.78. The van der Waals surface area contributed by atoms with Gasteiger partial charge in [-0.3, -0.25) is 4.79 Å². The van der Waals surface area contributed by atoms with Crippen LogP contribution in [-0.2, 0) is 10.9 Å². The number of aryl methyl sites for hydroxylation is 1. The molecule has 1 aliphatic heterocycles. The molecule has 0 aromatic carbocycles. The average Bonchev–Trinajstić information content (AvgIpc) is 2.58. The molecule has 1 saturated heterocycles. The molecule has 1 fully saturated rings. The van der Waals surface area contributed by atoms with Crippen molar-refractivity contribution < 1.29 is 27.5 Å². The first-order valence-electron chi connectivity index (χ1n) is 8.35. The molecule has 0 radical (unpaired) electrons. The summed E-state index contributed by atoms with van der Waals surface area (Å²) in [5.41, 5.74) is -0.860. The SMILES string of the molecule is Cc1nc(C(F)(F)F)ccc1C(=O)N1CCN(C(=O)OCC(C)C)CC1. The minimum Gasteiger partial charge on any atom is -0.449 e. The third-order valence-corrected chi connectivity index (χ3v) is 3.97. The quantitative estimate of drug-likeness (QED) is 0.817. The van der Waals surface area contributed by atoms with Gasteiger partial charge in [0.25, 0.3) is 5.91 Å². The summed E-state index contributed by atoms with van der Waals surface area (Å²) in [6, 6.07) is 1.95. The van der Waals surface area contributed by atoms with Crippen molar-refractivity contribution in [2.24, 2.45) is 5.92 Å². The van der Waals surface area contributed by atoms with E-state index in [0.717, 1.165) is 12.1 Å². The fourth-order valence-corrected chi connectivity index (χ4v) is 2.54. The second kappa shape index (κ2) is 7.92. The van der Waals surface area contributed by atoms with E-state index in [1.54, 1.807) is 0 Å². The van der Waals surface area contributed by atoms with Crippen LogP contribution in [-0.4, -0.2) is 59.6 Å². The number of halogens is 3. The van der Waals surface area contributed by atoms with Crippen molar-refractivity contribution in [3.63, 3.8) is 0 Å². The molecule has 144 valence electrons. The van der Waals surface area contributed by atoms with Crippen molar-refractivity contribution in [1.82, 2.24) is 14.8 Å². The number of rotatable bonds is 3. The van der Waals surface area contributed by atoms with Crippen LogP contribution in [0.1, 0.15) is 35.6 Å². The van der Waals surface area contributed by atoms with Crippen LogP contribution in [0.25, 0.3) is 0 Å². The Labute approximate surface area is 149 Å². The molecule has 0 saturated carbocycles. The van der Waals surface area contributed by atoms with Gasteiger partial charge >= 0.3 is 12.3 Å².